The molecule has 3 aromatic rings. The van der Waals surface area contributed by atoms with Gasteiger partial charge in [0.1, 0.15) is 11.6 Å². The minimum atomic E-state index is 0.103. The van der Waals surface area contributed by atoms with Gasteiger partial charge >= 0.3 is 0 Å². The molecule has 0 bridgehead atoms. The molecule has 1 fully saturated rings. The Morgan fingerprint density at radius 3 is 2.64 bits per heavy atom. The van der Waals surface area contributed by atoms with Crippen molar-refractivity contribution in [1.29, 1.82) is 0 Å². The van der Waals surface area contributed by atoms with Crippen molar-refractivity contribution in [3.05, 3.63) is 54.4 Å². The van der Waals surface area contributed by atoms with E-state index in [0.717, 1.165) is 41.3 Å². The number of nitrogens with zero attached hydrogens (tertiary/aromatic N) is 3. The van der Waals surface area contributed by atoms with E-state index in [1.54, 1.807) is 7.11 Å². The number of imidazole rings is 1. The number of anilines is 1. The first-order chi connectivity index (χ1) is 13.6. The van der Waals surface area contributed by atoms with Crippen LogP contribution in [0.25, 0.3) is 11.0 Å². The zero-order valence-corrected chi connectivity index (χ0v) is 16.8. The first-order valence-corrected chi connectivity index (χ1v) is 10.00. The molecule has 0 spiro atoms. The number of hydrogen-bond acceptors (Lipinski definition) is 3. The maximum atomic E-state index is 12.8. The Bertz CT molecular complexity index is 977. The lowest BCUT2D eigenvalue weighted by molar-refractivity contribution is -0.117. The summed E-state index contributed by atoms with van der Waals surface area (Å²) in [5.74, 6) is 2.64. The molecule has 1 amide bonds. The molecular weight excluding hydrogens is 350 g/mol. The maximum Gasteiger partial charge on any atom is 0.227 e. The van der Waals surface area contributed by atoms with Crippen LogP contribution < -0.4 is 9.64 Å². The average molecular weight is 377 g/mol. The molecule has 0 saturated carbocycles. The number of benzene rings is 2. The number of para-hydroxylation sites is 2. The van der Waals surface area contributed by atoms with E-state index in [0.29, 0.717) is 18.9 Å². The molecule has 2 atom stereocenters. The van der Waals surface area contributed by atoms with Gasteiger partial charge in [-0.25, -0.2) is 4.98 Å². The molecule has 5 heteroatoms. The van der Waals surface area contributed by atoms with Crippen molar-refractivity contribution in [2.75, 3.05) is 18.6 Å². The van der Waals surface area contributed by atoms with Crippen molar-refractivity contribution < 1.29 is 9.53 Å². The highest BCUT2D eigenvalue weighted by Gasteiger charge is 2.35. The Hall–Kier alpha value is -2.82. The monoisotopic (exact) mass is 377 g/mol. The normalized spacial score (nSPS) is 18.0. The fourth-order valence-electron chi connectivity index (χ4n) is 3.93. The number of carbonyl (C=O) groups excluding carboxylic acids is 1. The van der Waals surface area contributed by atoms with Crippen molar-refractivity contribution in [2.24, 2.45) is 5.92 Å². The number of hydrogen-bond donors (Lipinski definition) is 0. The van der Waals surface area contributed by atoms with Crippen molar-refractivity contribution in [3.8, 4) is 5.75 Å². The highest BCUT2D eigenvalue weighted by molar-refractivity contribution is 5.96. The summed E-state index contributed by atoms with van der Waals surface area (Å²) in [6, 6.07) is 16.0. The second-order valence-electron chi connectivity index (χ2n) is 7.69. The molecule has 2 aromatic carbocycles. The lowest BCUT2D eigenvalue weighted by atomic mass is 10.1. The predicted molar refractivity (Wildman–Crippen MR) is 112 cm³/mol. The average Bonchev–Trinajstić information content (AvgIpc) is 3.28. The lowest BCUT2D eigenvalue weighted by Gasteiger charge is -2.19. The quantitative estimate of drug-likeness (QED) is 0.630. The van der Waals surface area contributed by atoms with Crippen LogP contribution in [0.3, 0.4) is 0 Å². The van der Waals surface area contributed by atoms with Crippen LogP contribution >= 0.6 is 0 Å². The molecule has 0 aliphatic carbocycles. The zero-order valence-electron chi connectivity index (χ0n) is 16.8. The SMILES string of the molecule is CC[C@@H](C)Cn1c([C@@H]2CC(=O)N(c3ccc(OC)cc3)C2)nc2ccccc21. The number of methoxy groups -OCH3 is 1. The van der Waals surface area contributed by atoms with Crippen LogP contribution in [0.5, 0.6) is 5.75 Å². The van der Waals surface area contributed by atoms with Crippen molar-refractivity contribution in [1.82, 2.24) is 9.55 Å². The van der Waals surface area contributed by atoms with Gasteiger partial charge in [-0.1, -0.05) is 32.4 Å². The number of aromatic nitrogens is 2. The molecule has 0 N–H and O–H groups in total. The van der Waals surface area contributed by atoms with Gasteiger partial charge in [0.25, 0.3) is 0 Å². The Kier molecular flexibility index (Phi) is 5.07. The number of carbonyl (C=O) groups is 1. The lowest BCUT2D eigenvalue weighted by Crippen LogP contribution is -2.24. The Morgan fingerprint density at radius 1 is 1.18 bits per heavy atom. The summed E-state index contributed by atoms with van der Waals surface area (Å²) in [4.78, 5) is 19.6. The van der Waals surface area contributed by atoms with E-state index in [9.17, 15) is 4.79 Å². The first kappa shape index (κ1) is 18.5. The van der Waals surface area contributed by atoms with Crippen LogP contribution in [0.4, 0.5) is 5.69 Å². The van der Waals surface area contributed by atoms with Gasteiger partial charge in [0.2, 0.25) is 5.91 Å². The number of fused-ring (bicyclic) bond motifs is 1. The third-order valence-corrected chi connectivity index (χ3v) is 5.75. The summed E-state index contributed by atoms with van der Waals surface area (Å²) in [7, 11) is 1.65. The fraction of sp³-hybridized carbons (Fsp3) is 0.391. The Balaban J connectivity index is 1.66. The molecule has 5 nitrogen and oxygen atoms in total. The number of ether oxygens (including phenoxy) is 1. The predicted octanol–water partition coefficient (Wildman–Crippen LogP) is 4.61. The second-order valence-corrected chi connectivity index (χ2v) is 7.69. The van der Waals surface area contributed by atoms with Crippen LogP contribution in [0.1, 0.15) is 38.4 Å². The highest BCUT2D eigenvalue weighted by atomic mass is 16.5. The van der Waals surface area contributed by atoms with Crippen LogP contribution in [0, 0.1) is 5.92 Å². The molecule has 1 aliphatic heterocycles. The van der Waals surface area contributed by atoms with Gasteiger partial charge in [0.05, 0.1) is 18.1 Å². The summed E-state index contributed by atoms with van der Waals surface area (Å²) in [5.41, 5.74) is 3.09. The van der Waals surface area contributed by atoms with Gasteiger partial charge in [-0.3, -0.25) is 4.79 Å². The van der Waals surface area contributed by atoms with E-state index in [1.165, 1.54) is 0 Å². The van der Waals surface area contributed by atoms with Gasteiger partial charge < -0.3 is 14.2 Å². The van der Waals surface area contributed by atoms with Gasteiger partial charge in [0.15, 0.2) is 0 Å². The van der Waals surface area contributed by atoms with E-state index in [1.807, 2.05) is 35.2 Å². The molecule has 0 unspecified atom stereocenters. The van der Waals surface area contributed by atoms with Gasteiger partial charge in [-0.05, 0) is 42.3 Å². The van der Waals surface area contributed by atoms with Crippen molar-refractivity contribution >= 4 is 22.6 Å². The smallest absolute Gasteiger partial charge is 0.227 e. The topological polar surface area (TPSA) is 47.4 Å². The van der Waals surface area contributed by atoms with E-state index < -0.39 is 0 Å². The van der Waals surface area contributed by atoms with Crippen LogP contribution in [-0.4, -0.2) is 29.1 Å². The summed E-state index contributed by atoms with van der Waals surface area (Å²) in [6.45, 7) is 6.07. The summed E-state index contributed by atoms with van der Waals surface area (Å²) in [6.07, 6.45) is 1.61. The second kappa shape index (κ2) is 7.66. The summed E-state index contributed by atoms with van der Waals surface area (Å²) in [5, 5.41) is 0. The molecule has 1 aromatic heterocycles. The molecule has 4 rings (SSSR count). The van der Waals surface area contributed by atoms with Gasteiger partial charge in [0, 0.05) is 31.1 Å². The minimum absolute atomic E-state index is 0.103. The van der Waals surface area contributed by atoms with Crippen molar-refractivity contribution in [2.45, 2.75) is 39.2 Å². The summed E-state index contributed by atoms with van der Waals surface area (Å²) < 4.78 is 7.56. The van der Waals surface area contributed by atoms with Crippen molar-refractivity contribution in [3.63, 3.8) is 0 Å². The third kappa shape index (κ3) is 3.37. The third-order valence-electron chi connectivity index (χ3n) is 5.75. The minimum Gasteiger partial charge on any atom is -0.497 e. The maximum absolute atomic E-state index is 12.8. The first-order valence-electron chi connectivity index (χ1n) is 10.00. The Morgan fingerprint density at radius 2 is 1.93 bits per heavy atom. The molecule has 28 heavy (non-hydrogen) atoms. The molecule has 1 aliphatic rings. The van der Waals surface area contributed by atoms with E-state index >= 15 is 0 Å². The molecular formula is C23H27N3O2. The molecule has 1 saturated heterocycles. The van der Waals surface area contributed by atoms with Crippen LogP contribution in [0.2, 0.25) is 0 Å². The molecule has 0 radical (unpaired) electrons. The number of rotatable bonds is 6. The number of amides is 1. The highest BCUT2D eigenvalue weighted by Crippen LogP contribution is 2.34. The van der Waals surface area contributed by atoms with E-state index in [2.05, 4.69) is 36.6 Å². The van der Waals surface area contributed by atoms with Crippen LogP contribution in [0.15, 0.2) is 48.5 Å². The summed E-state index contributed by atoms with van der Waals surface area (Å²) >= 11 is 0. The molecule has 146 valence electrons. The van der Waals surface area contributed by atoms with Crippen LogP contribution in [-0.2, 0) is 11.3 Å². The largest absolute Gasteiger partial charge is 0.497 e. The molecule has 2 heterocycles. The fourth-order valence-corrected chi connectivity index (χ4v) is 3.93. The van der Waals surface area contributed by atoms with Gasteiger partial charge in [-0.15, -0.1) is 0 Å². The zero-order chi connectivity index (χ0) is 19.7. The van der Waals surface area contributed by atoms with E-state index in [4.69, 9.17) is 9.72 Å². The standard InChI is InChI=1S/C23H27N3O2/c1-4-16(2)14-26-21-8-6-5-7-20(21)24-23(26)17-13-22(27)25(15-17)18-9-11-19(28-3)12-10-18/h5-12,16-17H,4,13-15H2,1-3H3/t16-,17-/m1/s1. The Labute approximate surface area is 165 Å². The van der Waals surface area contributed by atoms with E-state index in [-0.39, 0.29) is 11.8 Å². The van der Waals surface area contributed by atoms with Gasteiger partial charge in [-0.2, -0.15) is 0 Å².